The van der Waals surface area contributed by atoms with Crippen LogP contribution in [0.3, 0.4) is 0 Å². The second-order valence-electron chi connectivity index (χ2n) is 3.05. The Hall–Kier alpha value is -0.630. The number of phenolic OH excluding ortho intramolecular Hbond substituents is 1. The molecule has 1 nitrogen and oxygen atoms in total. The molecule has 13 heavy (non-hydrogen) atoms. The highest BCUT2D eigenvalue weighted by atomic mass is 32.2. The van der Waals surface area contributed by atoms with Crippen LogP contribution < -0.4 is 0 Å². The Morgan fingerprint density at radius 1 is 1.31 bits per heavy atom. The zero-order chi connectivity index (χ0) is 9.68. The Labute approximate surface area is 84.2 Å². The van der Waals surface area contributed by atoms with Gasteiger partial charge in [-0.05, 0) is 31.0 Å². The molecule has 1 aromatic carbocycles. The molecule has 1 N–H and O–H groups in total. The molecule has 1 aromatic rings. The third-order valence-corrected chi connectivity index (χ3v) is 3.56. The van der Waals surface area contributed by atoms with Crippen LogP contribution in [0.4, 0.5) is 0 Å². The van der Waals surface area contributed by atoms with Crippen molar-refractivity contribution < 1.29 is 5.11 Å². The lowest BCUT2D eigenvalue weighted by molar-refractivity contribution is 0.474. The van der Waals surface area contributed by atoms with E-state index in [2.05, 4.69) is 13.8 Å². The van der Waals surface area contributed by atoms with Gasteiger partial charge in [0.05, 0.1) is 0 Å². The summed E-state index contributed by atoms with van der Waals surface area (Å²) in [6, 6.07) is 7.46. The van der Waals surface area contributed by atoms with E-state index in [0.29, 0.717) is 11.0 Å². The zero-order valence-corrected chi connectivity index (χ0v) is 8.97. The normalized spacial score (nSPS) is 10.7. The smallest absolute Gasteiger partial charge is 0.116 e. The Morgan fingerprint density at radius 2 is 2.00 bits per heavy atom. The Morgan fingerprint density at radius 3 is 2.54 bits per heavy atom. The molecule has 0 radical (unpaired) electrons. The van der Waals surface area contributed by atoms with Crippen molar-refractivity contribution in [1.29, 1.82) is 0 Å². The quantitative estimate of drug-likeness (QED) is 0.741. The number of thioether (sulfide) groups is 1. The van der Waals surface area contributed by atoms with Crippen molar-refractivity contribution in [2.24, 2.45) is 0 Å². The predicted molar refractivity (Wildman–Crippen MR) is 58.3 cm³/mol. The van der Waals surface area contributed by atoms with Gasteiger partial charge >= 0.3 is 0 Å². The van der Waals surface area contributed by atoms with Crippen molar-refractivity contribution >= 4 is 11.8 Å². The number of hydrogen-bond acceptors (Lipinski definition) is 2. The summed E-state index contributed by atoms with van der Waals surface area (Å²) >= 11 is 1.84. The topological polar surface area (TPSA) is 20.2 Å². The van der Waals surface area contributed by atoms with Crippen molar-refractivity contribution in [3.05, 3.63) is 24.3 Å². The molecule has 0 saturated heterocycles. The monoisotopic (exact) mass is 196 g/mol. The SMILES string of the molecule is CCC(CC)Sc1cccc(O)c1. The van der Waals surface area contributed by atoms with Crippen LogP contribution >= 0.6 is 11.8 Å². The third kappa shape index (κ3) is 3.31. The van der Waals surface area contributed by atoms with Crippen LogP contribution in [0.2, 0.25) is 0 Å². The third-order valence-electron chi connectivity index (χ3n) is 2.03. The molecule has 0 heterocycles. The van der Waals surface area contributed by atoms with E-state index in [0.717, 1.165) is 4.90 Å². The molecule has 0 aromatic heterocycles. The molecule has 0 bridgehead atoms. The highest BCUT2D eigenvalue weighted by Gasteiger charge is 2.05. The number of hydrogen-bond donors (Lipinski definition) is 1. The number of benzene rings is 1. The summed E-state index contributed by atoms with van der Waals surface area (Å²) in [6.07, 6.45) is 2.35. The summed E-state index contributed by atoms with van der Waals surface area (Å²) < 4.78 is 0. The van der Waals surface area contributed by atoms with Gasteiger partial charge in [-0.3, -0.25) is 0 Å². The molecule has 0 aliphatic carbocycles. The van der Waals surface area contributed by atoms with Gasteiger partial charge in [-0.15, -0.1) is 11.8 Å². The Kier molecular flexibility index (Phi) is 4.16. The molecule has 0 saturated carbocycles. The van der Waals surface area contributed by atoms with E-state index in [-0.39, 0.29) is 0 Å². The Bertz CT molecular complexity index is 256. The molecule has 1 rings (SSSR count). The van der Waals surface area contributed by atoms with E-state index in [1.54, 1.807) is 6.07 Å². The van der Waals surface area contributed by atoms with Crippen LogP contribution in [0.5, 0.6) is 5.75 Å². The van der Waals surface area contributed by atoms with Crippen LogP contribution in [-0.4, -0.2) is 10.4 Å². The number of aromatic hydroxyl groups is 1. The first-order valence-electron chi connectivity index (χ1n) is 4.72. The fourth-order valence-electron chi connectivity index (χ4n) is 1.20. The molecule has 0 amide bonds. The summed E-state index contributed by atoms with van der Waals surface area (Å²) in [6.45, 7) is 4.40. The molecule has 0 unspecified atom stereocenters. The zero-order valence-electron chi connectivity index (χ0n) is 8.16. The number of phenols is 1. The summed E-state index contributed by atoms with van der Waals surface area (Å²) in [7, 11) is 0. The molecule has 0 aliphatic heterocycles. The van der Waals surface area contributed by atoms with Crippen LogP contribution in [0.1, 0.15) is 26.7 Å². The fourth-order valence-corrected chi connectivity index (χ4v) is 2.27. The summed E-state index contributed by atoms with van der Waals surface area (Å²) in [5.41, 5.74) is 0. The van der Waals surface area contributed by atoms with E-state index in [4.69, 9.17) is 0 Å². The first-order valence-corrected chi connectivity index (χ1v) is 5.60. The van der Waals surface area contributed by atoms with Crippen molar-refractivity contribution in [3.8, 4) is 5.75 Å². The van der Waals surface area contributed by atoms with Crippen molar-refractivity contribution in [1.82, 2.24) is 0 Å². The van der Waals surface area contributed by atoms with E-state index < -0.39 is 0 Å². The van der Waals surface area contributed by atoms with Crippen LogP contribution in [0.15, 0.2) is 29.2 Å². The first kappa shape index (κ1) is 10.5. The van der Waals surface area contributed by atoms with Crippen LogP contribution in [0, 0.1) is 0 Å². The van der Waals surface area contributed by atoms with Crippen molar-refractivity contribution in [2.45, 2.75) is 36.8 Å². The lowest BCUT2D eigenvalue weighted by atomic mass is 10.3. The van der Waals surface area contributed by atoms with Gasteiger partial charge in [0.15, 0.2) is 0 Å². The van der Waals surface area contributed by atoms with Gasteiger partial charge < -0.3 is 5.11 Å². The van der Waals surface area contributed by atoms with E-state index in [1.807, 2.05) is 30.0 Å². The molecule has 0 atom stereocenters. The summed E-state index contributed by atoms with van der Waals surface area (Å²) in [5, 5.41) is 9.93. The predicted octanol–water partition coefficient (Wildman–Crippen LogP) is 3.67. The minimum Gasteiger partial charge on any atom is -0.508 e. The maximum atomic E-state index is 9.26. The van der Waals surface area contributed by atoms with Crippen molar-refractivity contribution in [3.63, 3.8) is 0 Å². The molecule has 2 heteroatoms. The van der Waals surface area contributed by atoms with Gasteiger partial charge in [0.1, 0.15) is 5.75 Å². The molecule has 0 spiro atoms. The van der Waals surface area contributed by atoms with Gasteiger partial charge in [0.2, 0.25) is 0 Å². The highest BCUT2D eigenvalue weighted by Crippen LogP contribution is 2.29. The molecule has 0 fully saturated rings. The molecule has 0 aliphatic rings. The van der Waals surface area contributed by atoms with Gasteiger partial charge in [0, 0.05) is 10.1 Å². The van der Waals surface area contributed by atoms with Gasteiger partial charge in [-0.25, -0.2) is 0 Å². The minimum atomic E-state index is 0.357. The average Bonchev–Trinajstić information content (AvgIpc) is 2.14. The maximum Gasteiger partial charge on any atom is 0.116 e. The first-order chi connectivity index (χ1) is 6.26. The largest absolute Gasteiger partial charge is 0.508 e. The van der Waals surface area contributed by atoms with E-state index >= 15 is 0 Å². The van der Waals surface area contributed by atoms with Gasteiger partial charge in [-0.1, -0.05) is 19.9 Å². The molecule has 72 valence electrons. The van der Waals surface area contributed by atoms with E-state index in [9.17, 15) is 5.11 Å². The van der Waals surface area contributed by atoms with E-state index in [1.165, 1.54) is 12.8 Å². The van der Waals surface area contributed by atoms with Crippen molar-refractivity contribution in [2.75, 3.05) is 0 Å². The maximum absolute atomic E-state index is 9.26. The molecular weight excluding hydrogens is 180 g/mol. The lowest BCUT2D eigenvalue weighted by Gasteiger charge is -2.11. The Balaban J connectivity index is 2.62. The van der Waals surface area contributed by atoms with Gasteiger partial charge in [0.25, 0.3) is 0 Å². The summed E-state index contributed by atoms with van der Waals surface area (Å²) in [5.74, 6) is 0.357. The van der Waals surface area contributed by atoms with Crippen LogP contribution in [0.25, 0.3) is 0 Å². The second-order valence-corrected chi connectivity index (χ2v) is 4.43. The number of rotatable bonds is 4. The standard InChI is InChI=1S/C11H16OS/c1-3-10(4-2)13-11-7-5-6-9(12)8-11/h5-8,10,12H,3-4H2,1-2H3. The average molecular weight is 196 g/mol. The minimum absolute atomic E-state index is 0.357. The van der Waals surface area contributed by atoms with Gasteiger partial charge in [-0.2, -0.15) is 0 Å². The second kappa shape index (κ2) is 5.18. The van der Waals surface area contributed by atoms with Crippen LogP contribution in [-0.2, 0) is 0 Å². The highest BCUT2D eigenvalue weighted by molar-refractivity contribution is 8.00. The molecular formula is C11H16OS. The summed E-state index contributed by atoms with van der Waals surface area (Å²) in [4.78, 5) is 1.16. The fraction of sp³-hybridized carbons (Fsp3) is 0.455. The lowest BCUT2D eigenvalue weighted by Crippen LogP contribution is -1.96.